The molecule has 2 aromatic heterocycles. The molecule has 2 aromatic carbocycles. The molecule has 1 aliphatic carbocycles. The van der Waals surface area contributed by atoms with Crippen LogP contribution in [0.1, 0.15) is 34.1 Å². The van der Waals surface area contributed by atoms with E-state index in [9.17, 15) is 27.1 Å². The number of carbonyl (C=O) groups is 1. The zero-order chi connectivity index (χ0) is 26.6. The fourth-order valence-electron chi connectivity index (χ4n) is 4.33. The number of amides is 1. The molecule has 1 atom stereocenters. The SMILES string of the molecule is CNC(=O)c1n[nH]c2c(F)c(-c3c(F)ccc(NS(=O)(=O)c4cc(F)cc5c4CCC5O)c3F)ncc12. The average molecular weight is 535 g/mol. The van der Waals surface area contributed by atoms with Gasteiger partial charge in [0.2, 0.25) is 0 Å². The Kier molecular flexibility index (Phi) is 5.87. The van der Waals surface area contributed by atoms with E-state index < -0.39 is 67.1 Å². The van der Waals surface area contributed by atoms with Crippen LogP contribution in [0, 0.1) is 23.3 Å². The normalized spacial score (nSPS) is 15.1. The zero-order valence-corrected chi connectivity index (χ0v) is 19.7. The molecule has 0 spiro atoms. The number of halogens is 4. The van der Waals surface area contributed by atoms with Gasteiger partial charge in [-0.1, -0.05) is 0 Å². The van der Waals surface area contributed by atoms with E-state index in [0.717, 1.165) is 24.4 Å². The van der Waals surface area contributed by atoms with Crippen LogP contribution in [0.25, 0.3) is 22.2 Å². The number of carbonyl (C=O) groups excluding carboxylic acids is 1. The molecule has 1 unspecified atom stereocenters. The highest BCUT2D eigenvalue weighted by Crippen LogP contribution is 2.38. The van der Waals surface area contributed by atoms with Crippen LogP contribution >= 0.6 is 0 Å². The molecule has 37 heavy (non-hydrogen) atoms. The Hall–Kier alpha value is -4.04. The minimum atomic E-state index is -4.61. The van der Waals surface area contributed by atoms with Gasteiger partial charge in [0, 0.05) is 13.2 Å². The molecule has 0 saturated carbocycles. The molecule has 192 valence electrons. The molecule has 5 rings (SSSR count). The number of pyridine rings is 1. The highest BCUT2D eigenvalue weighted by Gasteiger charge is 2.31. The van der Waals surface area contributed by atoms with Gasteiger partial charge in [-0.15, -0.1) is 0 Å². The summed E-state index contributed by atoms with van der Waals surface area (Å²) in [4.78, 5) is 15.2. The molecule has 1 amide bonds. The third-order valence-corrected chi connectivity index (χ3v) is 7.52. The summed E-state index contributed by atoms with van der Waals surface area (Å²) in [5.41, 5.74) is -2.77. The molecule has 9 nitrogen and oxygen atoms in total. The van der Waals surface area contributed by atoms with E-state index in [2.05, 4.69) is 20.5 Å². The van der Waals surface area contributed by atoms with Gasteiger partial charge in [-0.2, -0.15) is 5.10 Å². The summed E-state index contributed by atoms with van der Waals surface area (Å²) in [5, 5.41) is 18.3. The molecule has 0 radical (unpaired) electrons. The lowest BCUT2D eigenvalue weighted by atomic mass is 10.1. The van der Waals surface area contributed by atoms with Crippen LogP contribution in [0.3, 0.4) is 0 Å². The molecular weight excluding hydrogens is 518 g/mol. The fourth-order valence-corrected chi connectivity index (χ4v) is 5.70. The first kappa shape index (κ1) is 24.6. The van der Waals surface area contributed by atoms with Gasteiger partial charge in [-0.05, 0) is 48.2 Å². The van der Waals surface area contributed by atoms with E-state index in [1.54, 1.807) is 0 Å². The van der Waals surface area contributed by atoms with Gasteiger partial charge >= 0.3 is 0 Å². The molecule has 0 saturated heterocycles. The Labute approximate surface area is 206 Å². The zero-order valence-electron chi connectivity index (χ0n) is 18.9. The first-order chi connectivity index (χ1) is 17.5. The van der Waals surface area contributed by atoms with E-state index in [-0.39, 0.29) is 40.6 Å². The summed E-state index contributed by atoms with van der Waals surface area (Å²) in [7, 11) is -3.28. The van der Waals surface area contributed by atoms with Crippen LogP contribution < -0.4 is 10.0 Å². The Bertz CT molecular complexity index is 1710. The fraction of sp³-hybridized carbons (Fsp3) is 0.174. The van der Waals surface area contributed by atoms with Gasteiger partial charge in [-0.25, -0.2) is 26.0 Å². The van der Waals surface area contributed by atoms with E-state index in [1.165, 1.54) is 7.05 Å². The number of anilines is 1. The number of aliphatic hydroxyl groups is 1. The minimum absolute atomic E-state index is 0.0413. The van der Waals surface area contributed by atoms with Gasteiger partial charge in [0.05, 0.1) is 27.6 Å². The molecule has 14 heteroatoms. The highest BCUT2D eigenvalue weighted by atomic mass is 32.2. The van der Waals surface area contributed by atoms with Gasteiger partial charge in [-0.3, -0.25) is 19.6 Å². The Morgan fingerprint density at radius 1 is 1.16 bits per heavy atom. The molecule has 1 aliphatic rings. The Morgan fingerprint density at radius 3 is 2.65 bits per heavy atom. The topological polar surface area (TPSA) is 137 Å². The maximum absolute atomic E-state index is 15.5. The number of aromatic nitrogens is 3. The van der Waals surface area contributed by atoms with Crippen molar-refractivity contribution >= 4 is 32.5 Å². The summed E-state index contributed by atoms with van der Waals surface area (Å²) in [6, 6.07) is 3.26. The first-order valence-corrected chi connectivity index (χ1v) is 12.3. The number of H-pyrrole nitrogens is 1. The summed E-state index contributed by atoms with van der Waals surface area (Å²) in [6.07, 6.45) is 0.267. The van der Waals surface area contributed by atoms with Gasteiger partial charge in [0.15, 0.2) is 17.3 Å². The van der Waals surface area contributed by atoms with Gasteiger partial charge < -0.3 is 10.4 Å². The number of rotatable bonds is 5. The van der Waals surface area contributed by atoms with Crippen molar-refractivity contribution in [2.45, 2.75) is 23.8 Å². The molecule has 0 bridgehead atoms. The van der Waals surface area contributed by atoms with Crippen LogP contribution in [-0.4, -0.2) is 41.7 Å². The third kappa shape index (κ3) is 3.97. The summed E-state index contributed by atoms with van der Waals surface area (Å²) in [6.45, 7) is 0. The number of aliphatic hydroxyl groups excluding tert-OH is 1. The maximum Gasteiger partial charge on any atom is 0.272 e. The molecule has 4 N–H and O–H groups in total. The number of nitrogens with one attached hydrogen (secondary N) is 3. The molecule has 4 aromatic rings. The predicted octanol–water partition coefficient (Wildman–Crippen LogP) is 3.32. The van der Waals surface area contributed by atoms with Crippen molar-refractivity contribution in [1.29, 1.82) is 0 Å². The van der Waals surface area contributed by atoms with E-state index in [1.807, 2.05) is 4.72 Å². The van der Waals surface area contributed by atoms with Crippen LogP contribution in [0.15, 0.2) is 35.4 Å². The lowest BCUT2D eigenvalue weighted by Gasteiger charge is -2.15. The average Bonchev–Trinajstić information content (AvgIpc) is 3.45. The number of hydrogen-bond acceptors (Lipinski definition) is 6. The number of benzene rings is 2. The van der Waals surface area contributed by atoms with Crippen molar-refractivity contribution in [3.8, 4) is 11.3 Å². The van der Waals surface area contributed by atoms with E-state index in [0.29, 0.717) is 6.07 Å². The second-order valence-electron chi connectivity index (χ2n) is 8.28. The molecule has 0 aliphatic heterocycles. The summed E-state index contributed by atoms with van der Waals surface area (Å²) >= 11 is 0. The van der Waals surface area contributed by atoms with Crippen molar-refractivity contribution in [3.05, 3.63) is 70.6 Å². The van der Waals surface area contributed by atoms with E-state index >= 15 is 8.78 Å². The number of fused-ring (bicyclic) bond motifs is 2. The maximum atomic E-state index is 15.5. The molecule has 2 heterocycles. The lowest BCUT2D eigenvalue weighted by Crippen LogP contribution is -2.18. The van der Waals surface area contributed by atoms with Gasteiger partial charge in [0.1, 0.15) is 22.8 Å². The largest absolute Gasteiger partial charge is 0.388 e. The van der Waals surface area contributed by atoms with Crippen LogP contribution in [-0.2, 0) is 16.4 Å². The van der Waals surface area contributed by atoms with Crippen molar-refractivity contribution in [1.82, 2.24) is 20.5 Å². The summed E-state index contributed by atoms with van der Waals surface area (Å²) in [5.74, 6) is -5.52. The second kappa shape index (κ2) is 8.81. The smallest absolute Gasteiger partial charge is 0.272 e. The number of aromatic amines is 1. The molecular formula is C23H17F4N5O4S. The standard InChI is InChI=1S/C23H17F4N5O4S/c1-28-23(34)21-12-8-29-22(19(27)20(12)30-31-21)17-13(25)3-4-14(18(17)26)32-37(35,36)16-7-9(24)6-11-10(16)2-5-15(11)33/h3-4,6-8,15,32-33H,2,5H2,1H3,(H,28,34)(H,30,31). The lowest BCUT2D eigenvalue weighted by molar-refractivity contribution is 0.0959. The number of nitrogens with zero attached hydrogens (tertiary/aromatic N) is 2. The Morgan fingerprint density at radius 2 is 1.92 bits per heavy atom. The second-order valence-corrected chi connectivity index (χ2v) is 9.93. The first-order valence-electron chi connectivity index (χ1n) is 10.8. The number of sulfonamides is 1. The molecule has 0 fully saturated rings. The monoisotopic (exact) mass is 535 g/mol. The van der Waals surface area contributed by atoms with Crippen molar-refractivity contribution in [2.75, 3.05) is 11.8 Å². The van der Waals surface area contributed by atoms with Crippen molar-refractivity contribution in [3.63, 3.8) is 0 Å². The third-order valence-electron chi connectivity index (χ3n) is 6.09. The van der Waals surface area contributed by atoms with Crippen LogP contribution in [0.2, 0.25) is 0 Å². The van der Waals surface area contributed by atoms with Gasteiger partial charge in [0.25, 0.3) is 15.9 Å². The van der Waals surface area contributed by atoms with Crippen molar-refractivity contribution < 1.29 is 35.9 Å². The van der Waals surface area contributed by atoms with Crippen molar-refractivity contribution in [2.24, 2.45) is 0 Å². The predicted molar refractivity (Wildman–Crippen MR) is 123 cm³/mol. The van der Waals surface area contributed by atoms with E-state index in [4.69, 9.17) is 0 Å². The minimum Gasteiger partial charge on any atom is -0.388 e. The highest BCUT2D eigenvalue weighted by molar-refractivity contribution is 7.92. The Balaban J connectivity index is 1.59. The quantitative estimate of drug-likeness (QED) is 0.290. The van der Waals surface area contributed by atoms with Crippen LogP contribution in [0.4, 0.5) is 23.2 Å². The number of hydrogen-bond donors (Lipinski definition) is 4. The summed E-state index contributed by atoms with van der Waals surface area (Å²) < 4.78 is 87.7. The van der Waals surface area contributed by atoms with Crippen LogP contribution in [0.5, 0.6) is 0 Å².